The van der Waals surface area contributed by atoms with Crippen LogP contribution in [0.15, 0.2) is 36.4 Å². The molecule has 1 heterocycles. The second kappa shape index (κ2) is 5.87. The molecule has 3 rings (SSSR count). The number of para-hydroxylation sites is 1. The van der Waals surface area contributed by atoms with Crippen LogP contribution in [-0.4, -0.2) is 34.1 Å². The highest BCUT2D eigenvalue weighted by Crippen LogP contribution is 2.34. The molecule has 0 aromatic heterocycles. The van der Waals surface area contributed by atoms with E-state index in [1.54, 1.807) is 0 Å². The van der Waals surface area contributed by atoms with Gasteiger partial charge in [0.2, 0.25) is 0 Å². The largest absolute Gasteiger partial charge is 0.504 e. The van der Waals surface area contributed by atoms with E-state index in [0.717, 1.165) is 0 Å². The highest BCUT2D eigenvalue weighted by Gasteiger charge is 2.32. The first-order valence-electron chi connectivity index (χ1n) is 7.23. The van der Waals surface area contributed by atoms with Crippen LogP contribution in [0.5, 0.6) is 11.5 Å². The Labute approximate surface area is 131 Å². The lowest BCUT2D eigenvalue weighted by atomic mass is 9.97. The number of benzene rings is 2. The Morgan fingerprint density at radius 3 is 2.43 bits per heavy atom. The van der Waals surface area contributed by atoms with Crippen molar-refractivity contribution in [2.75, 3.05) is 13.1 Å². The van der Waals surface area contributed by atoms with E-state index in [-0.39, 0.29) is 23.4 Å². The zero-order valence-corrected chi connectivity index (χ0v) is 12.2. The van der Waals surface area contributed by atoms with Gasteiger partial charge in [0.25, 0.3) is 5.91 Å². The molecule has 0 saturated carbocycles. The molecule has 0 aliphatic carbocycles. The van der Waals surface area contributed by atoms with E-state index >= 15 is 0 Å². The van der Waals surface area contributed by atoms with Crippen LogP contribution in [-0.2, 0) is 0 Å². The van der Waals surface area contributed by atoms with E-state index in [9.17, 15) is 23.8 Å². The molecule has 0 unspecified atom stereocenters. The fourth-order valence-corrected chi connectivity index (χ4v) is 2.96. The molecule has 1 amide bonds. The van der Waals surface area contributed by atoms with Crippen molar-refractivity contribution in [3.8, 4) is 11.5 Å². The number of phenols is 2. The second-order valence-corrected chi connectivity index (χ2v) is 5.55. The molecule has 1 aliphatic rings. The van der Waals surface area contributed by atoms with E-state index in [2.05, 4.69) is 0 Å². The summed E-state index contributed by atoms with van der Waals surface area (Å²) in [5.74, 6) is -3.02. The van der Waals surface area contributed by atoms with Crippen molar-refractivity contribution >= 4 is 5.91 Å². The molecule has 2 aromatic carbocycles. The van der Waals surface area contributed by atoms with Crippen molar-refractivity contribution in [3.05, 3.63) is 59.2 Å². The Bertz CT molecular complexity index is 743. The summed E-state index contributed by atoms with van der Waals surface area (Å²) in [5, 5.41) is 19.3. The molecule has 2 aromatic rings. The number of rotatable bonds is 2. The average molecular weight is 319 g/mol. The Morgan fingerprint density at radius 2 is 1.74 bits per heavy atom. The number of halogens is 2. The number of hydrogen-bond donors (Lipinski definition) is 2. The number of carbonyl (C=O) groups excluding carboxylic acids is 1. The molecular weight excluding hydrogens is 304 g/mol. The summed E-state index contributed by atoms with van der Waals surface area (Å²) in [6, 6.07) is 7.82. The summed E-state index contributed by atoms with van der Waals surface area (Å²) in [7, 11) is 0. The van der Waals surface area contributed by atoms with Gasteiger partial charge < -0.3 is 15.1 Å². The molecule has 2 N–H and O–H groups in total. The Kier molecular flexibility index (Phi) is 3.90. The first-order valence-corrected chi connectivity index (χ1v) is 7.23. The molecule has 120 valence electrons. The molecule has 1 saturated heterocycles. The first-order chi connectivity index (χ1) is 11.0. The molecule has 0 radical (unpaired) electrons. The fraction of sp³-hybridized carbons (Fsp3) is 0.235. The SMILES string of the molecule is O=C(c1cccc(O)c1O)N1CC[C@@H](c2c(F)cccc2F)C1. The average Bonchev–Trinajstić information content (AvgIpc) is 2.99. The van der Waals surface area contributed by atoms with Gasteiger partial charge in [0, 0.05) is 24.6 Å². The van der Waals surface area contributed by atoms with Gasteiger partial charge in [-0.3, -0.25) is 4.79 Å². The van der Waals surface area contributed by atoms with Crippen molar-refractivity contribution in [1.82, 2.24) is 4.90 Å². The molecule has 6 heteroatoms. The van der Waals surface area contributed by atoms with Crippen molar-refractivity contribution < 1.29 is 23.8 Å². The van der Waals surface area contributed by atoms with Gasteiger partial charge in [0.05, 0.1) is 5.56 Å². The topological polar surface area (TPSA) is 60.8 Å². The monoisotopic (exact) mass is 319 g/mol. The lowest BCUT2D eigenvalue weighted by molar-refractivity contribution is 0.0786. The van der Waals surface area contributed by atoms with Gasteiger partial charge in [-0.15, -0.1) is 0 Å². The maximum atomic E-state index is 13.9. The minimum Gasteiger partial charge on any atom is -0.504 e. The van der Waals surface area contributed by atoms with E-state index in [0.29, 0.717) is 13.0 Å². The van der Waals surface area contributed by atoms with E-state index in [1.165, 1.54) is 41.3 Å². The van der Waals surface area contributed by atoms with Crippen molar-refractivity contribution in [2.24, 2.45) is 0 Å². The van der Waals surface area contributed by atoms with Crippen molar-refractivity contribution in [2.45, 2.75) is 12.3 Å². The summed E-state index contributed by atoms with van der Waals surface area (Å²) < 4.78 is 27.7. The van der Waals surface area contributed by atoms with Gasteiger partial charge in [-0.1, -0.05) is 12.1 Å². The third kappa shape index (κ3) is 2.72. The lowest BCUT2D eigenvalue weighted by Gasteiger charge is -2.18. The summed E-state index contributed by atoms with van der Waals surface area (Å²) in [5.41, 5.74) is -0.0393. The van der Waals surface area contributed by atoms with Gasteiger partial charge in [0.1, 0.15) is 11.6 Å². The van der Waals surface area contributed by atoms with Crippen molar-refractivity contribution in [3.63, 3.8) is 0 Å². The molecule has 0 spiro atoms. The standard InChI is InChI=1S/C17H15F2NO3/c18-12-4-2-5-13(19)15(12)10-7-8-20(9-10)17(23)11-3-1-6-14(21)16(11)22/h1-6,10,21-22H,7-9H2/t10-/m1/s1. The molecule has 1 fully saturated rings. The number of hydrogen-bond acceptors (Lipinski definition) is 3. The third-order valence-corrected chi connectivity index (χ3v) is 4.13. The smallest absolute Gasteiger partial charge is 0.257 e. The highest BCUT2D eigenvalue weighted by atomic mass is 19.1. The highest BCUT2D eigenvalue weighted by molar-refractivity contribution is 5.97. The van der Waals surface area contributed by atoms with E-state index in [1.807, 2.05) is 0 Å². The molecule has 1 atom stereocenters. The minimum atomic E-state index is -0.621. The second-order valence-electron chi connectivity index (χ2n) is 5.55. The maximum Gasteiger partial charge on any atom is 0.257 e. The van der Waals surface area contributed by atoms with Gasteiger partial charge in [-0.25, -0.2) is 8.78 Å². The Hall–Kier alpha value is -2.63. The zero-order valence-electron chi connectivity index (χ0n) is 12.2. The fourth-order valence-electron chi connectivity index (χ4n) is 2.96. The minimum absolute atomic E-state index is 0.0112. The number of likely N-dealkylation sites (tertiary alicyclic amines) is 1. The molecule has 4 nitrogen and oxygen atoms in total. The third-order valence-electron chi connectivity index (χ3n) is 4.13. The van der Waals surface area contributed by atoms with Gasteiger partial charge in [-0.2, -0.15) is 0 Å². The lowest BCUT2D eigenvalue weighted by Crippen LogP contribution is -2.28. The molecule has 0 bridgehead atoms. The summed E-state index contributed by atoms with van der Waals surface area (Å²) in [6.45, 7) is 0.484. The predicted molar refractivity (Wildman–Crippen MR) is 79.4 cm³/mol. The maximum absolute atomic E-state index is 13.9. The predicted octanol–water partition coefficient (Wildman–Crippen LogP) is 3.01. The van der Waals surface area contributed by atoms with E-state index in [4.69, 9.17) is 0 Å². The van der Waals surface area contributed by atoms with Crippen LogP contribution in [0.4, 0.5) is 8.78 Å². The first kappa shape index (κ1) is 15.3. The van der Waals surface area contributed by atoms with Crippen LogP contribution in [0, 0.1) is 11.6 Å². The van der Waals surface area contributed by atoms with Crippen molar-refractivity contribution in [1.29, 1.82) is 0 Å². The number of aromatic hydroxyl groups is 2. The van der Waals surface area contributed by atoms with Crippen LogP contribution in [0.25, 0.3) is 0 Å². The molecular formula is C17H15F2NO3. The molecule has 23 heavy (non-hydrogen) atoms. The summed E-state index contributed by atoms with van der Waals surface area (Å²) >= 11 is 0. The molecule has 1 aliphatic heterocycles. The van der Waals surface area contributed by atoms with Gasteiger partial charge in [0.15, 0.2) is 11.5 Å². The van der Waals surface area contributed by atoms with Crippen LogP contribution in [0.1, 0.15) is 28.3 Å². The Morgan fingerprint density at radius 1 is 1.09 bits per heavy atom. The number of carbonyl (C=O) groups is 1. The van der Waals surface area contributed by atoms with E-state index < -0.39 is 29.2 Å². The Balaban J connectivity index is 1.83. The van der Waals surface area contributed by atoms with Crippen LogP contribution in [0.3, 0.4) is 0 Å². The normalized spacial score (nSPS) is 17.5. The number of nitrogens with zero attached hydrogens (tertiary/aromatic N) is 1. The van der Waals surface area contributed by atoms with Gasteiger partial charge in [-0.05, 0) is 30.7 Å². The van der Waals surface area contributed by atoms with Gasteiger partial charge >= 0.3 is 0 Å². The van der Waals surface area contributed by atoms with Crippen LogP contribution < -0.4 is 0 Å². The zero-order chi connectivity index (χ0) is 16.6. The number of amides is 1. The van der Waals surface area contributed by atoms with Crippen LogP contribution in [0.2, 0.25) is 0 Å². The summed E-state index contributed by atoms with van der Waals surface area (Å²) in [4.78, 5) is 13.9. The number of phenolic OH excluding ortho intramolecular Hbond substituents is 2. The summed E-state index contributed by atoms with van der Waals surface area (Å²) in [6.07, 6.45) is 0.434. The quantitative estimate of drug-likeness (QED) is 0.837. The van der Waals surface area contributed by atoms with Crippen LogP contribution >= 0.6 is 0 Å².